The molecule has 0 spiro atoms. The number of benzene rings is 1. The Hall–Kier alpha value is -0.340. The molecule has 0 bridgehead atoms. The van der Waals surface area contributed by atoms with Crippen LogP contribution in [0.15, 0.2) is 24.3 Å². The molecule has 2 heteroatoms. The van der Waals surface area contributed by atoms with Gasteiger partial charge in [0.1, 0.15) is 0 Å². The molecule has 112 valence electrons. The minimum atomic E-state index is 0.626. The largest absolute Gasteiger partial charge is 0.295 e. The van der Waals surface area contributed by atoms with Crippen LogP contribution in [0.4, 0.5) is 0 Å². The quantitative estimate of drug-likeness (QED) is 0.633. The maximum Gasteiger partial charge on any atom is 0.0237 e. The number of hydrogen-bond donors (Lipinski definition) is 0. The Morgan fingerprint density at radius 1 is 1.10 bits per heavy atom. The molecular formula is C18H28BrN. The highest BCUT2D eigenvalue weighted by atomic mass is 79.9. The van der Waals surface area contributed by atoms with Crippen LogP contribution in [0.1, 0.15) is 63.0 Å². The first kappa shape index (κ1) is 16.0. The van der Waals surface area contributed by atoms with Gasteiger partial charge in [0.2, 0.25) is 0 Å². The van der Waals surface area contributed by atoms with Crippen LogP contribution in [0.5, 0.6) is 0 Å². The zero-order valence-corrected chi connectivity index (χ0v) is 14.5. The van der Waals surface area contributed by atoms with Gasteiger partial charge in [-0.05, 0) is 29.9 Å². The fourth-order valence-corrected chi connectivity index (χ4v) is 3.64. The Morgan fingerprint density at radius 3 is 2.30 bits per heavy atom. The van der Waals surface area contributed by atoms with Gasteiger partial charge in [-0.3, -0.25) is 4.90 Å². The molecule has 0 saturated heterocycles. The highest BCUT2D eigenvalue weighted by Gasteiger charge is 2.20. The van der Waals surface area contributed by atoms with Crippen molar-refractivity contribution in [2.75, 3.05) is 11.9 Å². The summed E-state index contributed by atoms with van der Waals surface area (Å²) in [6.07, 6.45) is 7.03. The lowest BCUT2D eigenvalue weighted by Gasteiger charge is -2.34. The van der Waals surface area contributed by atoms with Crippen LogP contribution in [0.3, 0.4) is 0 Å². The van der Waals surface area contributed by atoms with Gasteiger partial charge in [0.25, 0.3) is 0 Å². The molecule has 20 heavy (non-hydrogen) atoms. The van der Waals surface area contributed by atoms with E-state index in [1.165, 1.54) is 43.2 Å². The molecule has 1 aromatic carbocycles. The van der Waals surface area contributed by atoms with E-state index in [0.717, 1.165) is 24.5 Å². The van der Waals surface area contributed by atoms with Gasteiger partial charge < -0.3 is 0 Å². The summed E-state index contributed by atoms with van der Waals surface area (Å²) < 4.78 is 0. The van der Waals surface area contributed by atoms with E-state index in [1.54, 1.807) is 0 Å². The van der Waals surface area contributed by atoms with Gasteiger partial charge in [-0.25, -0.2) is 0 Å². The van der Waals surface area contributed by atoms with Crippen LogP contribution in [0.25, 0.3) is 0 Å². The predicted octanol–water partition coefficient (Wildman–Crippen LogP) is 5.34. The van der Waals surface area contributed by atoms with Crippen molar-refractivity contribution in [1.82, 2.24) is 4.90 Å². The second-order valence-electron chi connectivity index (χ2n) is 6.35. The monoisotopic (exact) mass is 337 g/mol. The molecule has 1 aromatic rings. The average Bonchev–Trinajstić information content (AvgIpc) is 2.48. The lowest BCUT2D eigenvalue weighted by molar-refractivity contribution is 0.158. The van der Waals surface area contributed by atoms with Crippen molar-refractivity contribution in [3.05, 3.63) is 35.4 Å². The van der Waals surface area contributed by atoms with E-state index in [9.17, 15) is 0 Å². The van der Waals surface area contributed by atoms with Crippen LogP contribution in [-0.2, 0) is 6.54 Å². The molecule has 0 unspecified atom stereocenters. The first-order valence-corrected chi connectivity index (χ1v) is 9.21. The number of hydrogen-bond acceptors (Lipinski definition) is 1. The molecule has 0 N–H and O–H groups in total. The van der Waals surface area contributed by atoms with Crippen molar-refractivity contribution in [3.63, 3.8) is 0 Å². The molecule has 0 aliphatic heterocycles. The normalized spacial score (nSPS) is 17.1. The number of alkyl halides is 1. The van der Waals surface area contributed by atoms with E-state index in [2.05, 4.69) is 58.9 Å². The summed E-state index contributed by atoms with van der Waals surface area (Å²) in [5.41, 5.74) is 2.90. The van der Waals surface area contributed by atoms with Crippen molar-refractivity contribution in [3.8, 4) is 0 Å². The average molecular weight is 338 g/mol. The van der Waals surface area contributed by atoms with E-state index < -0.39 is 0 Å². The van der Waals surface area contributed by atoms with Crippen LogP contribution in [-0.4, -0.2) is 22.8 Å². The molecule has 0 aromatic heterocycles. The molecule has 1 nitrogen and oxygen atoms in total. The van der Waals surface area contributed by atoms with E-state index in [-0.39, 0.29) is 0 Å². The summed E-state index contributed by atoms with van der Waals surface area (Å²) in [7, 11) is 0. The summed E-state index contributed by atoms with van der Waals surface area (Å²) >= 11 is 3.62. The summed E-state index contributed by atoms with van der Waals surface area (Å²) in [5, 5.41) is 1.08. The Kier molecular flexibility index (Phi) is 6.57. The second-order valence-corrected chi connectivity index (χ2v) is 7.14. The van der Waals surface area contributed by atoms with E-state index in [0.29, 0.717) is 5.92 Å². The van der Waals surface area contributed by atoms with E-state index >= 15 is 0 Å². The molecule has 1 aliphatic rings. The summed E-state index contributed by atoms with van der Waals surface area (Å²) in [6.45, 7) is 6.79. The molecule has 0 atom stereocenters. The second kappa shape index (κ2) is 8.19. The molecule has 1 fully saturated rings. The zero-order valence-electron chi connectivity index (χ0n) is 12.9. The summed E-state index contributed by atoms with van der Waals surface area (Å²) in [5.74, 6) is 0.626. The molecular weight excluding hydrogens is 310 g/mol. The third kappa shape index (κ3) is 4.60. The maximum absolute atomic E-state index is 3.62. The van der Waals surface area contributed by atoms with Crippen LogP contribution >= 0.6 is 15.9 Å². The van der Waals surface area contributed by atoms with Gasteiger partial charge in [-0.15, -0.1) is 0 Å². The van der Waals surface area contributed by atoms with E-state index in [1.807, 2.05) is 0 Å². The van der Waals surface area contributed by atoms with Crippen molar-refractivity contribution in [1.29, 1.82) is 0 Å². The molecule has 2 rings (SSSR count). The fourth-order valence-electron chi connectivity index (χ4n) is 3.19. The topological polar surface area (TPSA) is 3.24 Å². The number of nitrogens with zero attached hydrogens (tertiary/aromatic N) is 1. The van der Waals surface area contributed by atoms with Crippen LogP contribution in [0.2, 0.25) is 0 Å². The Bertz CT molecular complexity index is 379. The van der Waals surface area contributed by atoms with Gasteiger partial charge in [0.15, 0.2) is 0 Å². The highest BCUT2D eigenvalue weighted by molar-refractivity contribution is 9.09. The Balaban J connectivity index is 1.99. The van der Waals surface area contributed by atoms with Crippen LogP contribution in [0, 0.1) is 0 Å². The van der Waals surface area contributed by atoms with Gasteiger partial charge >= 0.3 is 0 Å². The van der Waals surface area contributed by atoms with Crippen molar-refractivity contribution in [2.45, 2.75) is 64.5 Å². The number of rotatable bonds is 6. The molecule has 0 radical (unpaired) electrons. The fraction of sp³-hybridized carbons (Fsp3) is 0.667. The summed E-state index contributed by atoms with van der Waals surface area (Å²) in [4.78, 5) is 2.68. The van der Waals surface area contributed by atoms with Gasteiger partial charge in [0, 0.05) is 24.5 Å². The molecule has 1 saturated carbocycles. The smallest absolute Gasteiger partial charge is 0.0237 e. The standard InChI is InChI=1S/C18H28BrN/c1-15(2)17-10-8-16(9-11-17)14-20(13-12-19)18-6-4-3-5-7-18/h8-11,15,18H,3-7,12-14H2,1-2H3. The third-order valence-electron chi connectivity index (χ3n) is 4.49. The Morgan fingerprint density at radius 2 is 1.75 bits per heavy atom. The number of halogens is 1. The minimum absolute atomic E-state index is 0.626. The molecule has 1 aliphatic carbocycles. The van der Waals surface area contributed by atoms with Crippen LogP contribution < -0.4 is 0 Å². The third-order valence-corrected chi connectivity index (χ3v) is 4.85. The van der Waals surface area contributed by atoms with E-state index in [4.69, 9.17) is 0 Å². The predicted molar refractivity (Wildman–Crippen MR) is 91.6 cm³/mol. The van der Waals surface area contributed by atoms with Crippen molar-refractivity contribution >= 4 is 15.9 Å². The lowest BCUT2D eigenvalue weighted by Crippen LogP contribution is -2.37. The van der Waals surface area contributed by atoms with Gasteiger partial charge in [-0.1, -0.05) is 73.3 Å². The van der Waals surface area contributed by atoms with Crippen molar-refractivity contribution in [2.24, 2.45) is 0 Å². The molecule has 0 amide bonds. The lowest BCUT2D eigenvalue weighted by atomic mass is 9.93. The Labute approximate surface area is 132 Å². The molecule has 0 heterocycles. The highest BCUT2D eigenvalue weighted by Crippen LogP contribution is 2.24. The van der Waals surface area contributed by atoms with Crippen molar-refractivity contribution < 1.29 is 0 Å². The SMILES string of the molecule is CC(C)c1ccc(CN(CCBr)C2CCCCC2)cc1. The maximum atomic E-state index is 3.62. The summed E-state index contributed by atoms with van der Waals surface area (Å²) in [6, 6.07) is 10.0. The van der Waals surface area contributed by atoms with Gasteiger partial charge in [-0.2, -0.15) is 0 Å². The zero-order chi connectivity index (χ0) is 14.4. The first-order chi connectivity index (χ1) is 9.70. The van der Waals surface area contributed by atoms with Gasteiger partial charge in [0.05, 0.1) is 0 Å². The first-order valence-electron chi connectivity index (χ1n) is 8.09. The minimum Gasteiger partial charge on any atom is -0.295 e.